The molecule has 0 aliphatic carbocycles. The lowest BCUT2D eigenvalue weighted by molar-refractivity contribution is 0.0526. The fraction of sp³-hybridized carbons (Fsp3) is 0.562. The summed E-state index contributed by atoms with van der Waals surface area (Å²) in [7, 11) is 0. The SMILES string of the molecule is CCOC(=O)c1cc(CC)nc(N2C(=O)OC[C@H]2C(C)C)c1. The van der Waals surface area contributed by atoms with Crippen LogP contribution in [0, 0.1) is 5.92 Å². The summed E-state index contributed by atoms with van der Waals surface area (Å²) in [6.45, 7) is 8.39. The molecular formula is C16H22N2O4. The number of aryl methyl sites for hydroxylation is 1. The van der Waals surface area contributed by atoms with E-state index in [-0.39, 0.29) is 12.0 Å². The smallest absolute Gasteiger partial charge is 0.415 e. The van der Waals surface area contributed by atoms with E-state index in [0.29, 0.717) is 31.0 Å². The van der Waals surface area contributed by atoms with Crippen LogP contribution in [0.3, 0.4) is 0 Å². The average molecular weight is 306 g/mol. The zero-order valence-corrected chi connectivity index (χ0v) is 13.5. The van der Waals surface area contributed by atoms with Gasteiger partial charge in [-0.1, -0.05) is 20.8 Å². The van der Waals surface area contributed by atoms with Gasteiger partial charge in [-0.25, -0.2) is 14.6 Å². The summed E-state index contributed by atoms with van der Waals surface area (Å²) in [5.41, 5.74) is 1.15. The monoisotopic (exact) mass is 306 g/mol. The van der Waals surface area contributed by atoms with Crippen molar-refractivity contribution in [3.8, 4) is 0 Å². The van der Waals surface area contributed by atoms with Gasteiger partial charge in [0.05, 0.1) is 18.2 Å². The van der Waals surface area contributed by atoms with Crippen molar-refractivity contribution in [2.24, 2.45) is 5.92 Å². The number of cyclic esters (lactones) is 1. The van der Waals surface area contributed by atoms with Gasteiger partial charge in [0.25, 0.3) is 0 Å². The number of pyridine rings is 1. The molecular weight excluding hydrogens is 284 g/mol. The summed E-state index contributed by atoms with van der Waals surface area (Å²) in [5.74, 6) is 0.266. The van der Waals surface area contributed by atoms with Crippen molar-refractivity contribution < 1.29 is 19.1 Å². The second-order valence-electron chi connectivity index (χ2n) is 5.54. The summed E-state index contributed by atoms with van der Waals surface area (Å²) in [6.07, 6.45) is 0.240. The number of esters is 1. The van der Waals surface area contributed by atoms with E-state index < -0.39 is 12.1 Å². The number of aromatic nitrogens is 1. The topological polar surface area (TPSA) is 68.7 Å². The number of carbonyl (C=O) groups is 2. The Kier molecular flexibility index (Phi) is 5.00. The number of carbonyl (C=O) groups excluding carboxylic acids is 2. The maximum atomic E-state index is 12.0. The Hall–Kier alpha value is -2.11. The van der Waals surface area contributed by atoms with Crippen molar-refractivity contribution in [2.75, 3.05) is 18.1 Å². The molecule has 1 fully saturated rings. The molecule has 0 aromatic carbocycles. The van der Waals surface area contributed by atoms with Gasteiger partial charge >= 0.3 is 12.1 Å². The standard InChI is InChI=1S/C16H22N2O4/c1-5-12-7-11(15(19)21-6-2)8-14(17-12)18-13(10(3)4)9-22-16(18)20/h7-8,10,13H,5-6,9H2,1-4H3/t13-/m0/s1. The Labute approximate surface area is 130 Å². The van der Waals surface area contributed by atoms with E-state index in [1.54, 1.807) is 19.1 Å². The van der Waals surface area contributed by atoms with Crippen molar-refractivity contribution >= 4 is 17.9 Å². The maximum absolute atomic E-state index is 12.0. The first kappa shape index (κ1) is 16.3. The van der Waals surface area contributed by atoms with Crippen molar-refractivity contribution in [1.82, 2.24) is 4.98 Å². The molecule has 0 bridgehead atoms. The van der Waals surface area contributed by atoms with Crippen LogP contribution in [-0.4, -0.2) is 36.3 Å². The van der Waals surface area contributed by atoms with Gasteiger partial charge in [-0.2, -0.15) is 0 Å². The maximum Gasteiger partial charge on any atom is 0.415 e. The van der Waals surface area contributed by atoms with Gasteiger partial charge in [0.15, 0.2) is 0 Å². The molecule has 1 saturated heterocycles. The molecule has 0 unspecified atom stereocenters. The lowest BCUT2D eigenvalue weighted by Crippen LogP contribution is -2.38. The fourth-order valence-electron chi connectivity index (χ4n) is 2.40. The van der Waals surface area contributed by atoms with Gasteiger partial charge < -0.3 is 9.47 Å². The first-order chi connectivity index (χ1) is 10.5. The van der Waals surface area contributed by atoms with Gasteiger partial charge in [0.2, 0.25) is 0 Å². The van der Waals surface area contributed by atoms with Crippen LogP contribution in [0.4, 0.5) is 10.6 Å². The van der Waals surface area contributed by atoms with E-state index in [1.165, 1.54) is 4.90 Å². The highest BCUT2D eigenvalue weighted by atomic mass is 16.6. The minimum absolute atomic E-state index is 0.0813. The molecule has 0 N–H and O–H groups in total. The first-order valence-electron chi connectivity index (χ1n) is 7.62. The minimum Gasteiger partial charge on any atom is -0.462 e. The van der Waals surface area contributed by atoms with E-state index in [4.69, 9.17) is 9.47 Å². The molecule has 1 aliphatic heterocycles. The molecule has 0 spiro atoms. The van der Waals surface area contributed by atoms with Crippen molar-refractivity contribution in [1.29, 1.82) is 0 Å². The Morgan fingerprint density at radius 1 is 1.45 bits per heavy atom. The molecule has 1 aromatic heterocycles. The lowest BCUT2D eigenvalue weighted by atomic mass is 10.0. The van der Waals surface area contributed by atoms with Crippen LogP contribution in [0.5, 0.6) is 0 Å². The van der Waals surface area contributed by atoms with E-state index >= 15 is 0 Å². The molecule has 2 heterocycles. The largest absolute Gasteiger partial charge is 0.462 e. The van der Waals surface area contributed by atoms with Gasteiger partial charge in [-0.15, -0.1) is 0 Å². The number of anilines is 1. The summed E-state index contributed by atoms with van der Waals surface area (Å²) in [6, 6.07) is 3.22. The highest BCUT2D eigenvalue weighted by Crippen LogP contribution is 2.27. The van der Waals surface area contributed by atoms with Gasteiger partial charge in [0, 0.05) is 5.69 Å². The minimum atomic E-state index is -0.422. The Bertz CT molecular complexity index is 571. The predicted octanol–water partition coefficient (Wildman–Crippen LogP) is 2.80. The number of ether oxygens (including phenoxy) is 2. The second-order valence-corrected chi connectivity index (χ2v) is 5.54. The lowest BCUT2D eigenvalue weighted by Gasteiger charge is -2.24. The average Bonchev–Trinajstić information content (AvgIpc) is 2.89. The van der Waals surface area contributed by atoms with Gasteiger partial charge in [-0.05, 0) is 31.4 Å². The third kappa shape index (κ3) is 3.21. The number of amides is 1. The third-order valence-electron chi connectivity index (χ3n) is 3.66. The first-order valence-corrected chi connectivity index (χ1v) is 7.62. The van der Waals surface area contributed by atoms with Gasteiger partial charge in [0.1, 0.15) is 12.4 Å². The number of hydrogen-bond acceptors (Lipinski definition) is 5. The van der Waals surface area contributed by atoms with Crippen LogP contribution in [0.25, 0.3) is 0 Å². The van der Waals surface area contributed by atoms with Crippen molar-refractivity contribution in [3.05, 3.63) is 23.4 Å². The van der Waals surface area contributed by atoms with Crippen LogP contribution >= 0.6 is 0 Å². The number of nitrogens with zero attached hydrogens (tertiary/aromatic N) is 2. The van der Waals surface area contributed by atoms with E-state index in [9.17, 15) is 9.59 Å². The number of rotatable bonds is 5. The summed E-state index contributed by atoms with van der Waals surface area (Å²) in [5, 5.41) is 0. The zero-order valence-electron chi connectivity index (χ0n) is 13.5. The molecule has 1 aliphatic rings. The summed E-state index contributed by atoms with van der Waals surface area (Å²) >= 11 is 0. The normalized spacial score (nSPS) is 17.8. The van der Waals surface area contributed by atoms with E-state index in [0.717, 1.165) is 5.69 Å². The Balaban J connectivity index is 2.43. The van der Waals surface area contributed by atoms with Crippen LogP contribution in [0.15, 0.2) is 12.1 Å². The molecule has 1 atom stereocenters. The van der Waals surface area contributed by atoms with Gasteiger partial charge in [-0.3, -0.25) is 4.90 Å². The summed E-state index contributed by atoms with van der Waals surface area (Å²) < 4.78 is 10.2. The zero-order chi connectivity index (χ0) is 16.3. The molecule has 2 rings (SSSR count). The number of hydrogen-bond donors (Lipinski definition) is 0. The van der Waals surface area contributed by atoms with Crippen molar-refractivity contribution in [3.63, 3.8) is 0 Å². The summed E-state index contributed by atoms with van der Waals surface area (Å²) in [4.78, 5) is 30.0. The molecule has 6 nitrogen and oxygen atoms in total. The molecule has 6 heteroatoms. The Morgan fingerprint density at radius 2 is 2.18 bits per heavy atom. The molecule has 1 aromatic rings. The highest BCUT2D eigenvalue weighted by Gasteiger charge is 2.37. The molecule has 22 heavy (non-hydrogen) atoms. The van der Waals surface area contributed by atoms with Crippen molar-refractivity contribution in [2.45, 2.75) is 40.2 Å². The van der Waals surface area contributed by atoms with E-state index in [1.807, 2.05) is 20.8 Å². The van der Waals surface area contributed by atoms with E-state index in [2.05, 4.69) is 4.98 Å². The van der Waals surface area contributed by atoms with Crippen LogP contribution < -0.4 is 4.90 Å². The van der Waals surface area contributed by atoms with Crippen LogP contribution in [0.1, 0.15) is 43.7 Å². The molecule has 120 valence electrons. The van der Waals surface area contributed by atoms with Crippen LogP contribution in [-0.2, 0) is 15.9 Å². The molecule has 1 amide bonds. The quantitative estimate of drug-likeness (QED) is 0.782. The predicted molar refractivity (Wildman–Crippen MR) is 82.0 cm³/mol. The highest BCUT2D eigenvalue weighted by molar-refractivity contribution is 5.93. The van der Waals surface area contributed by atoms with Crippen LogP contribution in [0.2, 0.25) is 0 Å². The third-order valence-corrected chi connectivity index (χ3v) is 3.66. The fourth-order valence-corrected chi connectivity index (χ4v) is 2.40. The Morgan fingerprint density at radius 3 is 2.77 bits per heavy atom. The molecule has 0 radical (unpaired) electrons. The molecule has 0 saturated carbocycles. The second kappa shape index (κ2) is 6.77.